The van der Waals surface area contributed by atoms with Crippen LogP contribution in [-0.4, -0.2) is 34.0 Å². The highest BCUT2D eigenvalue weighted by Gasteiger charge is 2.18. The number of benzene rings is 1. The lowest BCUT2D eigenvalue weighted by molar-refractivity contribution is 0.189. The molecule has 0 spiro atoms. The summed E-state index contributed by atoms with van der Waals surface area (Å²) in [4.78, 5) is 9.76. The summed E-state index contributed by atoms with van der Waals surface area (Å²) in [6.07, 6.45) is 5.91. The number of halogens is 1. The van der Waals surface area contributed by atoms with Crippen molar-refractivity contribution in [2.24, 2.45) is 0 Å². The van der Waals surface area contributed by atoms with Crippen LogP contribution in [0.2, 0.25) is 0 Å². The monoisotopic (exact) mass is 288 g/mol. The number of aromatic nitrogens is 2. The normalized spacial score (nSPS) is 17.2. The molecule has 0 aliphatic carbocycles. The van der Waals surface area contributed by atoms with Crippen LogP contribution < -0.4 is 5.32 Å². The number of aromatic amines is 1. The smallest absolute Gasteiger partial charge is 0.123 e. The topological polar surface area (TPSA) is 44.0 Å². The molecule has 2 N–H and O–H groups in total. The summed E-state index contributed by atoms with van der Waals surface area (Å²) in [6.45, 7) is 3.86. The number of nitrogens with one attached hydrogen (secondary N) is 2. The molecule has 21 heavy (non-hydrogen) atoms. The Bertz CT molecular complexity index is 530. The minimum absolute atomic E-state index is 0.167. The number of rotatable bonds is 5. The van der Waals surface area contributed by atoms with Crippen molar-refractivity contribution in [2.45, 2.75) is 32.0 Å². The second kappa shape index (κ2) is 6.83. The molecule has 3 rings (SSSR count). The average molecular weight is 288 g/mol. The van der Waals surface area contributed by atoms with Gasteiger partial charge < -0.3 is 10.3 Å². The number of H-pyrrole nitrogens is 1. The molecule has 0 bridgehead atoms. The summed E-state index contributed by atoms with van der Waals surface area (Å²) in [7, 11) is 0. The highest BCUT2D eigenvalue weighted by molar-refractivity contribution is 5.16. The minimum atomic E-state index is -0.167. The lowest BCUT2D eigenvalue weighted by atomic mass is 10.0. The van der Waals surface area contributed by atoms with Crippen LogP contribution in [-0.2, 0) is 13.1 Å². The standard InChI is InChI=1S/C16H21FN4/c17-14-3-1-13(2-4-14)12-21-9-5-15(6-10-21)20-11-16-18-7-8-19-16/h1-4,7-8,15,20H,5-6,9-12H2,(H,18,19). The van der Waals surface area contributed by atoms with Crippen LogP contribution in [0.4, 0.5) is 4.39 Å². The van der Waals surface area contributed by atoms with Crippen molar-refractivity contribution in [1.82, 2.24) is 20.2 Å². The largest absolute Gasteiger partial charge is 0.348 e. The van der Waals surface area contributed by atoms with E-state index >= 15 is 0 Å². The fourth-order valence-electron chi connectivity index (χ4n) is 2.78. The first-order chi connectivity index (χ1) is 10.3. The molecule has 5 heteroatoms. The Morgan fingerprint density at radius 3 is 2.67 bits per heavy atom. The van der Waals surface area contributed by atoms with E-state index in [0.29, 0.717) is 6.04 Å². The zero-order valence-corrected chi connectivity index (χ0v) is 12.1. The van der Waals surface area contributed by atoms with E-state index in [1.165, 1.54) is 17.7 Å². The van der Waals surface area contributed by atoms with Gasteiger partial charge in [0.2, 0.25) is 0 Å². The maximum atomic E-state index is 12.9. The highest BCUT2D eigenvalue weighted by Crippen LogP contribution is 2.14. The first-order valence-electron chi connectivity index (χ1n) is 7.48. The molecule has 4 nitrogen and oxygen atoms in total. The number of likely N-dealkylation sites (tertiary alicyclic amines) is 1. The molecule has 1 saturated heterocycles. The van der Waals surface area contributed by atoms with E-state index in [4.69, 9.17) is 0 Å². The molecule has 1 fully saturated rings. The van der Waals surface area contributed by atoms with E-state index in [0.717, 1.165) is 44.8 Å². The molecule has 0 radical (unpaired) electrons. The second-order valence-corrected chi connectivity index (χ2v) is 5.59. The second-order valence-electron chi connectivity index (χ2n) is 5.59. The highest BCUT2D eigenvalue weighted by atomic mass is 19.1. The first kappa shape index (κ1) is 14.2. The Kier molecular flexibility index (Phi) is 4.62. The van der Waals surface area contributed by atoms with Crippen molar-refractivity contribution in [2.75, 3.05) is 13.1 Å². The van der Waals surface area contributed by atoms with E-state index in [1.54, 1.807) is 6.20 Å². The van der Waals surface area contributed by atoms with Crippen molar-refractivity contribution < 1.29 is 4.39 Å². The molecular formula is C16H21FN4. The number of imidazole rings is 1. The van der Waals surface area contributed by atoms with Crippen LogP contribution in [0.15, 0.2) is 36.7 Å². The van der Waals surface area contributed by atoms with Crippen LogP contribution in [0, 0.1) is 5.82 Å². The van der Waals surface area contributed by atoms with Gasteiger partial charge in [0.05, 0.1) is 6.54 Å². The number of hydrogen-bond donors (Lipinski definition) is 2. The third kappa shape index (κ3) is 4.12. The lowest BCUT2D eigenvalue weighted by Crippen LogP contribution is -2.42. The SMILES string of the molecule is Fc1ccc(CN2CCC(NCc3ncc[nH]3)CC2)cc1. The number of piperidine rings is 1. The Balaban J connectivity index is 1.41. The Hall–Kier alpha value is -1.72. The van der Waals surface area contributed by atoms with Gasteiger partial charge >= 0.3 is 0 Å². The minimum Gasteiger partial charge on any atom is -0.348 e. The maximum absolute atomic E-state index is 12.9. The molecule has 112 valence electrons. The van der Waals surface area contributed by atoms with E-state index < -0.39 is 0 Å². The van der Waals surface area contributed by atoms with Gasteiger partial charge in [-0.05, 0) is 43.6 Å². The zero-order valence-electron chi connectivity index (χ0n) is 12.1. The number of nitrogens with zero attached hydrogens (tertiary/aromatic N) is 2. The van der Waals surface area contributed by atoms with E-state index in [9.17, 15) is 4.39 Å². The zero-order chi connectivity index (χ0) is 14.5. The molecule has 1 aliphatic heterocycles. The van der Waals surface area contributed by atoms with Crippen molar-refractivity contribution in [3.05, 3.63) is 53.9 Å². The van der Waals surface area contributed by atoms with Crippen LogP contribution in [0.5, 0.6) is 0 Å². The molecular weight excluding hydrogens is 267 g/mol. The molecule has 2 aromatic rings. The summed E-state index contributed by atoms with van der Waals surface area (Å²) in [5.41, 5.74) is 1.18. The molecule has 0 saturated carbocycles. The van der Waals surface area contributed by atoms with E-state index in [2.05, 4.69) is 20.2 Å². The molecule has 1 aromatic heterocycles. The average Bonchev–Trinajstić information content (AvgIpc) is 3.02. The van der Waals surface area contributed by atoms with Crippen molar-refractivity contribution in [3.8, 4) is 0 Å². The summed E-state index contributed by atoms with van der Waals surface area (Å²) in [6, 6.07) is 7.37. The van der Waals surface area contributed by atoms with Gasteiger partial charge in [0.1, 0.15) is 11.6 Å². The third-order valence-corrected chi connectivity index (χ3v) is 4.02. The van der Waals surface area contributed by atoms with Crippen LogP contribution in [0.1, 0.15) is 24.2 Å². The van der Waals surface area contributed by atoms with Gasteiger partial charge in [-0.3, -0.25) is 4.90 Å². The maximum Gasteiger partial charge on any atom is 0.123 e. The lowest BCUT2D eigenvalue weighted by Gasteiger charge is -2.32. The van der Waals surface area contributed by atoms with Gasteiger partial charge in [-0.2, -0.15) is 0 Å². The molecule has 2 heterocycles. The quantitative estimate of drug-likeness (QED) is 0.887. The van der Waals surface area contributed by atoms with Gasteiger partial charge in [0.25, 0.3) is 0 Å². The van der Waals surface area contributed by atoms with Gasteiger partial charge in [0.15, 0.2) is 0 Å². The number of hydrogen-bond acceptors (Lipinski definition) is 3. The van der Waals surface area contributed by atoms with Crippen molar-refractivity contribution in [3.63, 3.8) is 0 Å². The van der Waals surface area contributed by atoms with Crippen LogP contribution in [0.3, 0.4) is 0 Å². The first-order valence-corrected chi connectivity index (χ1v) is 7.48. The fraction of sp³-hybridized carbons (Fsp3) is 0.438. The van der Waals surface area contributed by atoms with Crippen LogP contribution >= 0.6 is 0 Å². The summed E-state index contributed by atoms with van der Waals surface area (Å²) in [5, 5.41) is 3.55. The van der Waals surface area contributed by atoms with Gasteiger partial charge in [-0.1, -0.05) is 12.1 Å². The van der Waals surface area contributed by atoms with Gasteiger partial charge in [-0.25, -0.2) is 9.37 Å². The fourth-order valence-corrected chi connectivity index (χ4v) is 2.78. The molecule has 1 aromatic carbocycles. The van der Waals surface area contributed by atoms with Gasteiger partial charge in [-0.15, -0.1) is 0 Å². The Morgan fingerprint density at radius 2 is 2.00 bits per heavy atom. The molecule has 1 aliphatic rings. The summed E-state index contributed by atoms with van der Waals surface area (Å²) in [5.74, 6) is 0.823. The Labute approximate surface area is 124 Å². The molecule has 0 unspecified atom stereocenters. The van der Waals surface area contributed by atoms with E-state index in [-0.39, 0.29) is 5.82 Å². The third-order valence-electron chi connectivity index (χ3n) is 4.02. The van der Waals surface area contributed by atoms with Gasteiger partial charge in [0, 0.05) is 25.0 Å². The van der Waals surface area contributed by atoms with E-state index in [1.807, 2.05) is 18.3 Å². The van der Waals surface area contributed by atoms with Crippen LogP contribution in [0.25, 0.3) is 0 Å². The van der Waals surface area contributed by atoms with Crippen molar-refractivity contribution >= 4 is 0 Å². The molecule has 0 atom stereocenters. The summed E-state index contributed by atoms with van der Waals surface area (Å²) < 4.78 is 12.9. The predicted octanol–water partition coefficient (Wildman–Crippen LogP) is 2.30. The Morgan fingerprint density at radius 1 is 1.24 bits per heavy atom. The predicted molar refractivity (Wildman–Crippen MR) is 80.1 cm³/mol. The molecule has 0 amide bonds. The summed E-state index contributed by atoms with van der Waals surface area (Å²) >= 11 is 0. The van der Waals surface area contributed by atoms with Crippen molar-refractivity contribution in [1.29, 1.82) is 0 Å².